The van der Waals surface area contributed by atoms with Gasteiger partial charge in [-0.3, -0.25) is 0 Å². The van der Waals surface area contributed by atoms with Gasteiger partial charge < -0.3 is 19.4 Å². The molecule has 2 heterocycles. The maximum atomic E-state index is 10.7. The molecule has 1 atom stereocenters. The Morgan fingerprint density at radius 1 is 1.47 bits per heavy atom. The first-order valence-electron chi connectivity index (χ1n) is 5.97. The SMILES string of the molecule is Cc1noc(C)c1CNC(C)c1ccc(C(=O)O)o1. The van der Waals surface area contributed by atoms with Crippen molar-refractivity contribution in [2.45, 2.75) is 33.4 Å². The van der Waals surface area contributed by atoms with Gasteiger partial charge >= 0.3 is 5.97 Å². The monoisotopic (exact) mass is 264 g/mol. The summed E-state index contributed by atoms with van der Waals surface area (Å²) in [6.45, 7) is 6.23. The molecule has 0 aromatic carbocycles. The summed E-state index contributed by atoms with van der Waals surface area (Å²) in [4.78, 5) is 10.7. The van der Waals surface area contributed by atoms with Gasteiger partial charge in [-0.15, -0.1) is 0 Å². The van der Waals surface area contributed by atoms with E-state index in [1.54, 1.807) is 6.07 Å². The first-order valence-corrected chi connectivity index (χ1v) is 5.97. The maximum Gasteiger partial charge on any atom is 0.371 e. The lowest BCUT2D eigenvalue weighted by atomic mass is 10.2. The summed E-state index contributed by atoms with van der Waals surface area (Å²) in [6, 6.07) is 3.02. The van der Waals surface area contributed by atoms with Crippen LogP contribution in [0.4, 0.5) is 0 Å². The Morgan fingerprint density at radius 2 is 2.21 bits per heavy atom. The average Bonchev–Trinajstić information content (AvgIpc) is 2.95. The Bertz CT molecular complexity index is 566. The molecule has 0 aliphatic rings. The molecule has 0 saturated heterocycles. The topological polar surface area (TPSA) is 88.5 Å². The second-order valence-corrected chi connectivity index (χ2v) is 4.41. The van der Waals surface area contributed by atoms with Gasteiger partial charge in [0.2, 0.25) is 5.76 Å². The van der Waals surface area contributed by atoms with Crippen LogP contribution in [0.25, 0.3) is 0 Å². The van der Waals surface area contributed by atoms with Crippen molar-refractivity contribution in [3.8, 4) is 0 Å². The molecule has 0 radical (unpaired) electrons. The molecule has 0 aliphatic heterocycles. The number of carbonyl (C=O) groups is 1. The number of aryl methyl sites for hydroxylation is 2. The summed E-state index contributed by atoms with van der Waals surface area (Å²) < 4.78 is 10.3. The van der Waals surface area contributed by atoms with Crippen molar-refractivity contribution >= 4 is 5.97 Å². The second-order valence-electron chi connectivity index (χ2n) is 4.41. The normalized spacial score (nSPS) is 12.6. The van der Waals surface area contributed by atoms with Gasteiger partial charge in [0.15, 0.2) is 0 Å². The number of carboxylic acid groups (broad SMARTS) is 1. The van der Waals surface area contributed by atoms with Crippen molar-refractivity contribution in [1.82, 2.24) is 10.5 Å². The fraction of sp³-hybridized carbons (Fsp3) is 0.385. The van der Waals surface area contributed by atoms with Crippen LogP contribution in [0.5, 0.6) is 0 Å². The highest BCUT2D eigenvalue weighted by Gasteiger charge is 2.15. The minimum absolute atomic E-state index is 0.0546. The van der Waals surface area contributed by atoms with Crippen molar-refractivity contribution in [2.75, 3.05) is 0 Å². The van der Waals surface area contributed by atoms with E-state index in [1.807, 2.05) is 20.8 Å². The standard InChI is InChI=1S/C13H16N2O4/c1-7-10(9(3)19-15-7)6-14-8(2)11-4-5-12(18-11)13(16)17/h4-5,8,14H,6H2,1-3H3,(H,16,17). The molecule has 0 fully saturated rings. The molecule has 0 amide bonds. The van der Waals surface area contributed by atoms with Gasteiger partial charge in [0.25, 0.3) is 0 Å². The van der Waals surface area contributed by atoms with Crippen LogP contribution in [-0.2, 0) is 6.54 Å². The van der Waals surface area contributed by atoms with E-state index < -0.39 is 5.97 Å². The molecule has 0 aliphatic carbocycles. The second kappa shape index (κ2) is 5.27. The molecule has 6 heteroatoms. The first kappa shape index (κ1) is 13.4. The minimum atomic E-state index is -1.07. The number of rotatable bonds is 5. The Kier molecular flexibility index (Phi) is 3.71. The number of aromatic carboxylic acids is 1. The fourth-order valence-corrected chi connectivity index (χ4v) is 1.81. The highest BCUT2D eigenvalue weighted by atomic mass is 16.5. The zero-order valence-corrected chi connectivity index (χ0v) is 11.1. The van der Waals surface area contributed by atoms with Crippen LogP contribution in [0.3, 0.4) is 0 Å². The highest BCUT2D eigenvalue weighted by molar-refractivity contribution is 5.84. The Labute approximate surface area is 110 Å². The van der Waals surface area contributed by atoms with Crippen LogP contribution in [0.15, 0.2) is 21.1 Å². The number of hydrogen-bond donors (Lipinski definition) is 2. The lowest BCUT2D eigenvalue weighted by Gasteiger charge is -2.10. The predicted octanol–water partition coefficient (Wildman–Crippen LogP) is 2.43. The zero-order chi connectivity index (χ0) is 14.0. The molecule has 2 N–H and O–H groups in total. The van der Waals surface area contributed by atoms with E-state index in [9.17, 15) is 4.79 Å². The number of furan rings is 1. The lowest BCUT2D eigenvalue weighted by molar-refractivity contribution is 0.0659. The molecule has 2 rings (SSSR count). The molecular weight excluding hydrogens is 248 g/mol. The molecule has 19 heavy (non-hydrogen) atoms. The van der Waals surface area contributed by atoms with Gasteiger partial charge in [0.05, 0.1) is 11.7 Å². The third-order valence-electron chi connectivity index (χ3n) is 3.03. The third kappa shape index (κ3) is 2.85. The van der Waals surface area contributed by atoms with Gasteiger partial charge in [-0.1, -0.05) is 5.16 Å². The molecule has 2 aromatic heterocycles. The molecule has 2 aromatic rings. The lowest BCUT2D eigenvalue weighted by Crippen LogP contribution is -2.18. The van der Waals surface area contributed by atoms with E-state index in [0.717, 1.165) is 17.0 Å². The van der Waals surface area contributed by atoms with Gasteiger partial charge in [-0.25, -0.2) is 4.79 Å². The summed E-state index contributed by atoms with van der Waals surface area (Å²) in [5.74, 6) is 0.247. The molecule has 6 nitrogen and oxygen atoms in total. The third-order valence-corrected chi connectivity index (χ3v) is 3.03. The molecule has 1 unspecified atom stereocenters. The van der Waals surface area contributed by atoms with E-state index >= 15 is 0 Å². The van der Waals surface area contributed by atoms with Crippen LogP contribution in [0.1, 0.15) is 46.3 Å². The number of hydrogen-bond acceptors (Lipinski definition) is 5. The van der Waals surface area contributed by atoms with Crippen LogP contribution in [0.2, 0.25) is 0 Å². The van der Waals surface area contributed by atoms with Crippen molar-refractivity contribution in [1.29, 1.82) is 0 Å². The maximum absolute atomic E-state index is 10.7. The zero-order valence-electron chi connectivity index (χ0n) is 11.1. The van der Waals surface area contributed by atoms with Crippen molar-refractivity contribution in [3.05, 3.63) is 40.7 Å². The van der Waals surface area contributed by atoms with E-state index in [-0.39, 0.29) is 11.8 Å². The quantitative estimate of drug-likeness (QED) is 0.862. The van der Waals surface area contributed by atoms with Gasteiger partial charge in [-0.2, -0.15) is 0 Å². The number of nitrogens with one attached hydrogen (secondary N) is 1. The first-order chi connectivity index (χ1) is 8.99. The van der Waals surface area contributed by atoms with Gasteiger partial charge in [-0.05, 0) is 32.9 Å². The van der Waals surface area contributed by atoms with E-state index in [0.29, 0.717) is 12.3 Å². The molecule has 0 bridgehead atoms. The number of nitrogens with zero attached hydrogens (tertiary/aromatic N) is 1. The molecule has 102 valence electrons. The van der Waals surface area contributed by atoms with Gasteiger partial charge in [0, 0.05) is 12.1 Å². The summed E-state index contributed by atoms with van der Waals surface area (Å²) in [7, 11) is 0. The van der Waals surface area contributed by atoms with E-state index in [1.165, 1.54) is 6.07 Å². The van der Waals surface area contributed by atoms with Crippen LogP contribution >= 0.6 is 0 Å². The van der Waals surface area contributed by atoms with Crippen molar-refractivity contribution in [2.24, 2.45) is 0 Å². The van der Waals surface area contributed by atoms with Crippen LogP contribution in [0, 0.1) is 13.8 Å². The van der Waals surface area contributed by atoms with Crippen molar-refractivity contribution in [3.63, 3.8) is 0 Å². The summed E-state index contributed by atoms with van der Waals surface area (Å²) in [5, 5.41) is 15.9. The number of aromatic nitrogens is 1. The molecule has 0 saturated carbocycles. The van der Waals surface area contributed by atoms with Crippen LogP contribution < -0.4 is 5.32 Å². The molecule has 0 spiro atoms. The summed E-state index contributed by atoms with van der Waals surface area (Å²) in [5.41, 5.74) is 1.86. The smallest absolute Gasteiger partial charge is 0.371 e. The largest absolute Gasteiger partial charge is 0.475 e. The fourth-order valence-electron chi connectivity index (χ4n) is 1.81. The Balaban J connectivity index is 2.01. The van der Waals surface area contributed by atoms with E-state index in [2.05, 4.69) is 10.5 Å². The number of carboxylic acids is 1. The summed E-state index contributed by atoms with van der Waals surface area (Å²) >= 11 is 0. The highest BCUT2D eigenvalue weighted by Crippen LogP contribution is 2.18. The predicted molar refractivity (Wildman–Crippen MR) is 66.9 cm³/mol. The average molecular weight is 264 g/mol. The molecular formula is C13H16N2O4. The van der Waals surface area contributed by atoms with Crippen molar-refractivity contribution < 1.29 is 18.8 Å². The Morgan fingerprint density at radius 3 is 2.74 bits per heavy atom. The van der Waals surface area contributed by atoms with Gasteiger partial charge in [0.1, 0.15) is 11.5 Å². The summed E-state index contributed by atoms with van der Waals surface area (Å²) in [6.07, 6.45) is 0. The van der Waals surface area contributed by atoms with E-state index in [4.69, 9.17) is 14.0 Å². The Hall–Kier alpha value is -2.08. The minimum Gasteiger partial charge on any atom is -0.475 e. The van der Waals surface area contributed by atoms with Crippen LogP contribution in [-0.4, -0.2) is 16.2 Å².